The topological polar surface area (TPSA) is 79.0 Å². The highest BCUT2D eigenvalue weighted by Crippen LogP contribution is 2.31. The average molecular weight is 407 g/mol. The highest BCUT2D eigenvalue weighted by Gasteiger charge is 2.35. The van der Waals surface area contributed by atoms with Crippen molar-refractivity contribution in [2.45, 2.75) is 30.7 Å². The highest BCUT2D eigenvalue weighted by molar-refractivity contribution is 7.89. The zero-order chi connectivity index (χ0) is 20.4. The molecule has 1 aromatic heterocycles. The minimum absolute atomic E-state index is 0.0561. The van der Waals surface area contributed by atoms with E-state index in [0.717, 1.165) is 24.5 Å². The fraction of sp³-hybridized carbons (Fsp3) is 0.273. The maximum atomic E-state index is 13.0. The van der Waals surface area contributed by atoms with Crippen molar-refractivity contribution in [3.05, 3.63) is 83.4 Å². The van der Waals surface area contributed by atoms with Gasteiger partial charge in [0.2, 0.25) is 10.0 Å². The molecular weight excluding hydrogens is 384 g/mol. The predicted octanol–water partition coefficient (Wildman–Crippen LogP) is 3.29. The van der Waals surface area contributed by atoms with E-state index in [0.29, 0.717) is 18.7 Å². The van der Waals surface area contributed by atoms with Gasteiger partial charge in [0.05, 0.1) is 16.5 Å². The van der Waals surface area contributed by atoms with Crippen molar-refractivity contribution in [3.8, 4) is 6.07 Å². The summed E-state index contributed by atoms with van der Waals surface area (Å²) in [6.07, 6.45) is 2.59. The van der Waals surface area contributed by atoms with Crippen LogP contribution in [0.5, 0.6) is 0 Å². The van der Waals surface area contributed by atoms with Crippen LogP contribution in [0.3, 0.4) is 0 Å². The number of nitriles is 1. The fourth-order valence-electron chi connectivity index (χ4n) is 3.78. The maximum absolute atomic E-state index is 13.0. The number of aryl methyl sites for hydroxylation is 1. The number of nitrogens with zero attached hydrogens (tertiary/aromatic N) is 4. The van der Waals surface area contributed by atoms with Crippen LogP contribution in [0.15, 0.2) is 65.7 Å². The van der Waals surface area contributed by atoms with Gasteiger partial charge >= 0.3 is 0 Å². The van der Waals surface area contributed by atoms with Crippen LogP contribution in [0.2, 0.25) is 0 Å². The van der Waals surface area contributed by atoms with Gasteiger partial charge in [0.1, 0.15) is 5.82 Å². The molecule has 1 aliphatic rings. The van der Waals surface area contributed by atoms with Crippen molar-refractivity contribution in [2.75, 3.05) is 13.1 Å². The third-order valence-electron chi connectivity index (χ3n) is 5.41. The lowest BCUT2D eigenvalue weighted by Gasteiger charge is -2.18. The Labute approximate surface area is 171 Å². The van der Waals surface area contributed by atoms with Crippen LogP contribution < -0.4 is 0 Å². The lowest BCUT2D eigenvalue weighted by molar-refractivity contribution is 0.469. The smallest absolute Gasteiger partial charge is 0.243 e. The van der Waals surface area contributed by atoms with Gasteiger partial charge in [-0.2, -0.15) is 9.57 Å². The molecule has 0 spiro atoms. The van der Waals surface area contributed by atoms with Crippen LogP contribution in [0, 0.1) is 18.3 Å². The molecule has 1 saturated heterocycles. The van der Waals surface area contributed by atoms with E-state index in [1.165, 1.54) is 34.1 Å². The monoisotopic (exact) mass is 406 g/mol. The van der Waals surface area contributed by atoms with Crippen LogP contribution in [0.1, 0.15) is 35.0 Å². The molecule has 148 valence electrons. The summed E-state index contributed by atoms with van der Waals surface area (Å²) >= 11 is 0. The van der Waals surface area contributed by atoms with E-state index >= 15 is 0 Å². The molecule has 6 nitrogen and oxygen atoms in total. The lowest BCUT2D eigenvalue weighted by Crippen LogP contribution is -2.29. The van der Waals surface area contributed by atoms with Crippen molar-refractivity contribution in [1.82, 2.24) is 13.9 Å². The molecule has 2 aromatic carbocycles. The molecule has 0 aliphatic carbocycles. The molecule has 0 saturated carbocycles. The third kappa shape index (κ3) is 3.82. The Morgan fingerprint density at radius 3 is 2.55 bits per heavy atom. The van der Waals surface area contributed by atoms with Crippen LogP contribution in [-0.4, -0.2) is 35.4 Å². The minimum atomic E-state index is -3.58. The van der Waals surface area contributed by atoms with Crippen LogP contribution in [0.25, 0.3) is 0 Å². The summed E-state index contributed by atoms with van der Waals surface area (Å²) in [6, 6.07) is 18.3. The Kier molecular flexibility index (Phi) is 5.22. The minimum Gasteiger partial charge on any atom is -0.328 e. The fourth-order valence-corrected chi connectivity index (χ4v) is 5.29. The maximum Gasteiger partial charge on any atom is 0.243 e. The van der Waals surface area contributed by atoms with E-state index < -0.39 is 10.0 Å². The van der Waals surface area contributed by atoms with E-state index in [2.05, 4.69) is 21.7 Å². The summed E-state index contributed by atoms with van der Waals surface area (Å²) in [4.78, 5) is 4.83. The summed E-state index contributed by atoms with van der Waals surface area (Å²) < 4.78 is 29.7. The second kappa shape index (κ2) is 7.82. The van der Waals surface area contributed by atoms with E-state index in [4.69, 9.17) is 5.26 Å². The second-order valence-corrected chi connectivity index (χ2v) is 9.25. The predicted molar refractivity (Wildman–Crippen MR) is 110 cm³/mol. The SMILES string of the molecule is Cc1cnc(C2CCN(S(=O)(=O)c3ccc(C#N)cc3)C2)n1Cc1ccccc1. The summed E-state index contributed by atoms with van der Waals surface area (Å²) in [5.41, 5.74) is 2.70. The van der Waals surface area contributed by atoms with Gasteiger partial charge in [-0.15, -0.1) is 0 Å². The Morgan fingerprint density at radius 2 is 1.86 bits per heavy atom. The number of imidazole rings is 1. The number of rotatable bonds is 5. The van der Waals surface area contributed by atoms with E-state index in [1.54, 1.807) is 0 Å². The molecule has 1 fully saturated rings. The van der Waals surface area contributed by atoms with E-state index in [1.807, 2.05) is 37.4 Å². The molecule has 1 aliphatic heterocycles. The Morgan fingerprint density at radius 1 is 1.14 bits per heavy atom. The highest BCUT2D eigenvalue weighted by atomic mass is 32.2. The van der Waals surface area contributed by atoms with Crippen LogP contribution in [-0.2, 0) is 16.6 Å². The molecule has 2 heterocycles. The van der Waals surface area contributed by atoms with Gasteiger partial charge in [-0.3, -0.25) is 0 Å². The number of benzene rings is 2. The van der Waals surface area contributed by atoms with Gasteiger partial charge in [0.15, 0.2) is 0 Å². The number of hydrogen-bond acceptors (Lipinski definition) is 4. The lowest BCUT2D eigenvalue weighted by atomic mass is 10.1. The Hall–Kier alpha value is -2.95. The number of sulfonamides is 1. The van der Waals surface area contributed by atoms with Gasteiger partial charge in [-0.25, -0.2) is 13.4 Å². The van der Waals surface area contributed by atoms with Crippen molar-refractivity contribution in [1.29, 1.82) is 5.26 Å². The molecule has 3 aromatic rings. The molecule has 29 heavy (non-hydrogen) atoms. The molecular formula is C22H22N4O2S. The normalized spacial score (nSPS) is 17.3. The molecule has 4 rings (SSSR count). The zero-order valence-corrected chi connectivity index (χ0v) is 17.0. The van der Waals surface area contributed by atoms with Crippen LogP contribution >= 0.6 is 0 Å². The van der Waals surface area contributed by atoms with Crippen LogP contribution in [0.4, 0.5) is 0 Å². The molecule has 1 unspecified atom stereocenters. The summed E-state index contributed by atoms with van der Waals surface area (Å²) in [7, 11) is -3.58. The number of aromatic nitrogens is 2. The molecule has 0 N–H and O–H groups in total. The van der Waals surface area contributed by atoms with Crippen molar-refractivity contribution >= 4 is 10.0 Å². The van der Waals surface area contributed by atoms with Gasteiger partial charge in [0, 0.05) is 37.4 Å². The van der Waals surface area contributed by atoms with E-state index in [9.17, 15) is 8.42 Å². The molecule has 0 amide bonds. The summed E-state index contributed by atoms with van der Waals surface area (Å²) in [6.45, 7) is 3.62. The van der Waals surface area contributed by atoms with Crippen molar-refractivity contribution < 1.29 is 8.42 Å². The molecule has 0 radical (unpaired) electrons. The quantitative estimate of drug-likeness (QED) is 0.651. The first-order valence-corrected chi connectivity index (χ1v) is 11.0. The van der Waals surface area contributed by atoms with Gasteiger partial charge in [-0.05, 0) is 43.2 Å². The summed E-state index contributed by atoms with van der Waals surface area (Å²) in [5, 5.41) is 8.92. The third-order valence-corrected chi connectivity index (χ3v) is 7.29. The van der Waals surface area contributed by atoms with Crippen molar-refractivity contribution in [3.63, 3.8) is 0 Å². The zero-order valence-electron chi connectivity index (χ0n) is 16.2. The van der Waals surface area contributed by atoms with Gasteiger partial charge < -0.3 is 4.57 Å². The molecule has 1 atom stereocenters. The standard InChI is InChI=1S/C22H22N4O2S/c1-17-14-24-22(26(17)15-19-5-3-2-4-6-19)20-11-12-25(16-20)29(27,28)21-9-7-18(13-23)8-10-21/h2-10,14,20H,11-12,15-16H2,1H3. The van der Waals surface area contributed by atoms with Gasteiger partial charge in [0.25, 0.3) is 0 Å². The Bertz CT molecular complexity index is 1150. The molecule has 7 heteroatoms. The van der Waals surface area contributed by atoms with Gasteiger partial charge in [-0.1, -0.05) is 30.3 Å². The average Bonchev–Trinajstić information content (AvgIpc) is 3.37. The van der Waals surface area contributed by atoms with Crippen molar-refractivity contribution in [2.24, 2.45) is 0 Å². The second-order valence-electron chi connectivity index (χ2n) is 7.31. The summed E-state index contributed by atoms with van der Waals surface area (Å²) in [5.74, 6) is 0.990. The number of hydrogen-bond donors (Lipinski definition) is 0. The Balaban J connectivity index is 1.55. The van der Waals surface area contributed by atoms with E-state index in [-0.39, 0.29) is 10.8 Å². The largest absolute Gasteiger partial charge is 0.328 e. The first kappa shape index (κ1) is 19.4. The first-order valence-electron chi connectivity index (χ1n) is 9.55. The molecule has 0 bridgehead atoms. The first-order chi connectivity index (χ1) is 14.0.